The van der Waals surface area contributed by atoms with Crippen LogP contribution in [0.25, 0.3) is 0 Å². The molecule has 0 unspecified atom stereocenters. The number of ether oxygens (including phenoxy) is 1. The number of nitrogens with two attached hydrogens (primary N) is 2. The van der Waals surface area contributed by atoms with Crippen molar-refractivity contribution in [1.29, 1.82) is 5.41 Å². The first-order chi connectivity index (χ1) is 6.66. The maximum Gasteiger partial charge on any atom is 0.134 e. The van der Waals surface area contributed by atoms with Crippen LogP contribution in [0, 0.1) is 5.41 Å². The standard InChI is InChI=1S/C8H15ClN4O/c9-7(5-10)8(11)13(12)6-1-3-14-4-2-6/h5-6,10H,1-4,11-12H2/b8-7-,10-5?. The molecule has 14 heavy (non-hydrogen) atoms. The summed E-state index contributed by atoms with van der Waals surface area (Å²) < 4.78 is 5.20. The average Bonchev–Trinajstić information content (AvgIpc) is 2.27. The highest BCUT2D eigenvalue weighted by atomic mass is 35.5. The Bertz CT molecular complexity index is 237. The summed E-state index contributed by atoms with van der Waals surface area (Å²) in [4.78, 5) is 0. The van der Waals surface area contributed by atoms with Crippen molar-refractivity contribution in [2.24, 2.45) is 11.6 Å². The van der Waals surface area contributed by atoms with Gasteiger partial charge >= 0.3 is 0 Å². The molecule has 1 rings (SSSR count). The summed E-state index contributed by atoms with van der Waals surface area (Å²) in [6.07, 6.45) is 2.65. The first-order valence-electron chi connectivity index (χ1n) is 4.44. The molecule has 0 bridgehead atoms. The first-order valence-corrected chi connectivity index (χ1v) is 4.82. The fraction of sp³-hybridized carbons (Fsp3) is 0.625. The summed E-state index contributed by atoms with van der Waals surface area (Å²) in [7, 11) is 0. The van der Waals surface area contributed by atoms with Crippen molar-refractivity contribution in [2.75, 3.05) is 13.2 Å². The van der Waals surface area contributed by atoms with Crippen LogP contribution in [0.5, 0.6) is 0 Å². The molecule has 0 aliphatic carbocycles. The number of rotatable bonds is 3. The zero-order chi connectivity index (χ0) is 10.6. The van der Waals surface area contributed by atoms with Crippen LogP contribution in [0.3, 0.4) is 0 Å². The van der Waals surface area contributed by atoms with Gasteiger partial charge in [-0.3, -0.25) is 5.01 Å². The van der Waals surface area contributed by atoms with E-state index in [1.807, 2.05) is 0 Å². The van der Waals surface area contributed by atoms with Gasteiger partial charge in [0, 0.05) is 19.4 Å². The van der Waals surface area contributed by atoms with E-state index in [9.17, 15) is 0 Å². The molecule has 80 valence electrons. The minimum Gasteiger partial charge on any atom is -0.383 e. The number of halogens is 1. The highest BCUT2D eigenvalue weighted by Gasteiger charge is 2.20. The Hall–Kier alpha value is -0.780. The number of nitrogens with zero attached hydrogens (tertiary/aromatic N) is 1. The van der Waals surface area contributed by atoms with Gasteiger partial charge in [0.1, 0.15) is 5.82 Å². The van der Waals surface area contributed by atoms with Crippen molar-refractivity contribution in [2.45, 2.75) is 18.9 Å². The Morgan fingerprint density at radius 1 is 1.50 bits per heavy atom. The van der Waals surface area contributed by atoms with Crippen molar-refractivity contribution in [3.63, 3.8) is 0 Å². The van der Waals surface area contributed by atoms with Crippen LogP contribution >= 0.6 is 11.6 Å². The van der Waals surface area contributed by atoms with Gasteiger partial charge in [-0.05, 0) is 12.8 Å². The molecular formula is C8H15ClN4O. The Labute approximate surface area is 88.1 Å². The van der Waals surface area contributed by atoms with Gasteiger partial charge in [0.15, 0.2) is 0 Å². The topological polar surface area (TPSA) is 88.4 Å². The van der Waals surface area contributed by atoms with Crippen LogP contribution in [0.1, 0.15) is 12.8 Å². The van der Waals surface area contributed by atoms with Crippen LogP contribution in [0.15, 0.2) is 10.9 Å². The number of allylic oxidation sites excluding steroid dienone is 1. The molecule has 1 aliphatic rings. The SMILES string of the molecule is N=C/C(Cl)=C(\N)N(N)C1CCOCC1. The zero-order valence-electron chi connectivity index (χ0n) is 7.87. The molecule has 0 spiro atoms. The molecule has 0 aromatic carbocycles. The van der Waals surface area contributed by atoms with E-state index >= 15 is 0 Å². The fourth-order valence-corrected chi connectivity index (χ4v) is 1.45. The van der Waals surface area contributed by atoms with Gasteiger partial charge in [-0.25, -0.2) is 5.84 Å². The van der Waals surface area contributed by atoms with Gasteiger partial charge in [0.25, 0.3) is 0 Å². The normalized spacial score (nSPS) is 20.1. The summed E-state index contributed by atoms with van der Waals surface area (Å²) in [5, 5.41) is 8.54. The van der Waals surface area contributed by atoms with Crippen LogP contribution in [-0.2, 0) is 4.74 Å². The molecule has 0 radical (unpaired) electrons. The number of hydrazine groups is 1. The van der Waals surface area contributed by atoms with E-state index < -0.39 is 0 Å². The predicted octanol–water partition coefficient (Wildman–Crippen LogP) is 0.357. The minimum absolute atomic E-state index is 0.150. The molecule has 1 aliphatic heterocycles. The van der Waals surface area contributed by atoms with Gasteiger partial charge in [-0.1, -0.05) is 11.6 Å². The lowest BCUT2D eigenvalue weighted by molar-refractivity contribution is 0.0450. The smallest absolute Gasteiger partial charge is 0.134 e. The summed E-state index contributed by atoms with van der Waals surface area (Å²) in [5.41, 5.74) is 5.66. The van der Waals surface area contributed by atoms with Crippen LogP contribution in [-0.4, -0.2) is 30.5 Å². The second kappa shape index (κ2) is 5.19. The molecule has 1 fully saturated rings. The van der Waals surface area contributed by atoms with Crippen molar-refractivity contribution in [3.05, 3.63) is 10.9 Å². The molecule has 6 heteroatoms. The second-order valence-corrected chi connectivity index (χ2v) is 3.54. The molecule has 0 atom stereocenters. The maximum absolute atomic E-state index is 6.94. The monoisotopic (exact) mass is 218 g/mol. The van der Waals surface area contributed by atoms with Gasteiger partial charge in [0.05, 0.1) is 11.1 Å². The van der Waals surface area contributed by atoms with E-state index in [4.69, 9.17) is 33.3 Å². The van der Waals surface area contributed by atoms with E-state index in [2.05, 4.69) is 0 Å². The van der Waals surface area contributed by atoms with Crippen molar-refractivity contribution in [1.82, 2.24) is 5.01 Å². The highest BCUT2D eigenvalue weighted by molar-refractivity contribution is 6.39. The Kier molecular flexibility index (Phi) is 4.19. The van der Waals surface area contributed by atoms with Gasteiger partial charge in [-0.15, -0.1) is 0 Å². The third-order valence-corrected chi connectivity index (χ3v) is 2.54. The summed E-state index contributed by atoms with van der Waals surface area (Å²) in [6, 6.07) is 0.150. The Balaban J connectivity index is 2.63. The van der Waals surface area contributed by atoms with E-state index in [0.29, 0.717) is 13.2 Å². The lowest BCUT2D eigenvalue weighted by Crippen LogP contribution is -2.46. The molecule has 0 amide bonds. The van der Waals surface area contributed by atoms with E-state index in [1.165, 1.54) is 5.01 Å². The highest BCUT2D eigenvalue weighted by Crippen LogP contribution is 2.15. The number of hydrogen-bond donors (Lipinski definition) is 3. The Morgan fingerprint density at radius 2 is 2.07 bits per heavy atom. The van der Waals surface area contributed by atoms with Crippen molar-refractivity contribution >= 4 is 17.8 Å². The maximum atomic E-state index is 6.94. The van der Waals surface area contributed by atoms with Crippen LogP contribution < -0.4 is 11.6 Å². The van der Waals surface area contributed by atoms with E-state index in [0.717, 1.165) is 19.1 Å². The molecule has 5 N–H and O–H groups in total. The second-order valence-electron chi connectivity index (χ2n) is 3.13. The molecule has 1 saturated heterocycles. The van der Waals surface area contributed by atoms with Crippen molar-refractivity contribution < 1.29 is 4.74 Å². The largest absolute Gasteiger partial charge is 0.383 e. The van der Waals surface area contributed by atoms with E-state index in [-0.39, 0.29) is 16.9 Å². The van der Waals surface area contributed by atoms with Crippen LogP contribution in [0.4, 0.5) is 0 Å². The first kappa shape index (κ1) is 11.3. The third-order valence-electron chi connectivity index (χ3n) is 2.23. The van der Waals surface area contributed by atoms with Gasteiger partial charge in [0.2, 0.25) is 0 Å². The number of nitrogens with one attached hydrogen (secondary N) is 1. The Morgan fingerprint density at radius 3 is 2.57 bits per heavy atom. The lowest BCUT2D eigenvalue weighted by atomic mass is 10.1. The lowest BCUT2D eigenvalue weighted by Gasteiger charge is -2.32. The molecule has 0 aromatic heterocycles. The number of hydrogen-bond acceptors (Lipinski definition) is 5. The van der Waals surface area contributed by atoms with Gasteiger partial charge in [-0.2, -0.15) is 0 Å². The third kappa shape index (κ3) is 2.60. The quantitative estimate of drug-likeness (QED) is 0.363. The average molecular weight is 219 g/mol. The predicted molar refractivity (Wildman–Crippen MR) is 55.7 cm³/mol. The van der Waals surface area contributed by atoms with Gasteiger partial charge < -0.3 is 15.9 Å². The minimum atomic E-state index is 0.150. The molecule has 1 heterocycles. The molecule has 0 aromatic rings. The summed E-state index contributed by atoms with van der Waals surface area (Å²) in [5.74, 6) is 6.02. The zero-order valence-corrected chi connectivity index (χ0v) is 8.63. The molecule has 0 saturated carbocycles. The fourth-order valence-electron chi connectivity index (χ4n) is 1.36. The molecular weight excluding hydrogens is 204 g/mol. The van der Waals surface area contributed by atoms with Crippen molar-refractivity contribution in [3.8, 4) is 0 Å². The molecule has 5 nitrogen and oxygen atoms in total. The van der Waals surface area contributed by atoms with Crippen LogP contribution in [0.2, 0.25) is 0 Å². The summed E-state index contributed by atoms with van der Waals surface area (Å²) in [6.45, 7) is 1.38. The summed E-state index contributed by atoms with van der Waals surface area (Å²) >= 11 is 5.69. The van der Waals surface area contributed by atoms with E-state index in [1.54, 1.807) is 0 Å².